The van der Waals surface area contributed by atoms with Gasteiger partial charge in [0.2, 0.25) is 0 Å². The maximum absolute atomic E-state index is 12.8. The molecule has 0 radical (unpaired) electrons. The lowest BCUT2D eigenvalue weighted by Gasteiger charge is -2.29. The molecule has 9 heteroatoms. The zero-order valence-corrected chi connectivity index (χ0v) is 16.0. The van der Waals surface area contributed by atoms with Crippen LogP contribution in [0.25, 0.3) is 0 Å². The third-order valence-corrected chi connectivity index (χ3v) is 4.28. The smallest absolute Gasteiger partial charge is 0.338 e. The number of benzene rings is 2. The quantitative estimate of drug-likeness (QED) is 0.417. The van der Waals surface area contributed by atoms with Gasteiger partial charge < -0.3 is 19.1 Å². The van der Waals surface area contributed by atoms with Gasteiger partial charge in [-0.25, -0.2) is 4.79 Å². The number of para-hydroxylation sites is 2. The molecular weight excluding hydrogens is 380 g/mol. The van der Waals surface area contributed by atoms with E-state index in [1.807, 2.05) is 12.1 Å². The van der Waals surface area contributed by atoms with Crippen molar-refractivity contribution in [3.8, 4) is 11.5 Å². The standard InChI is InChI=1S/C20H20N2O7/c1-3-27-20(24)14-8-13(9-15(10-14)22(25)26)19(23)21(2)11-16-12-28-17-6-4-5-7-18(17)29-16/h4-10,16H,3,11-12H2,1-2H3. The molecule has 0 aromatic heterocycles. The number of carbonyl (C=O) groups is 2. The molecule has 1 aliphatic rings. The molecular formula is C20H20N2O7. The number of hydrogen-bond acceptors (Lipinski definition) is 7. The summed E-state index contributed by atoms with van der Waals surface area (Å²) < 4.78 is 16.4. The Morgan fingerprint density at radius 2 is 1.90 bits per heavy atom. The second-order valence-electron chi connectivity index (χ2n) is 6.43. The van der Waals surface area contributed by atoms with Crippen molar-refractivity contribution in [1.29, 1.82) is 0 Å². The van der Waals surface area contributed by atoms with Crippen LogP contribution in [0.3, 0.4) is 0 Å². The number of non-ortho nitro benzene ring substituents is 1. The van der Waals surface area contributed by atoms with E-state index in [1.54, 1.807) is 26.1 Å². The minimum atomic E-state index is -0.728. The van der Waals surface area contributed by atoms with Crippen molar-refractivity contribution in [2.45, 2.75) is 13.0 Å². The molecule has 2 aromatic carbocycles. The van der Waals surface area contributed by atoms with Crippen LogP contribution < -0.4 is 9.47 Å². The number of fused-ring (bicyclic) bond motifs is 1. The van der Waals surface area contributed by atoms with E-state index in [2.05, 4.69) is 0 Å². The summed E-state index contributed by atoms with van der Waals surface area (Å²) in [5, 5.41) is 11.2. The number of likely N-dealkylation sites (N-methyl/N-ethyl adjacent to an activating group) is 1. The van der Waals surface area contributed by atoms with E-state index in [1.165, 1.54) is 11.0 Å². The summed E-state index contributed by atoms with van der Waals surface area (Å²) in [6, 6.07) is 10.7. The third kappa shape index (κ3) is 4.63. The molecule has 3 rings (SSSR count). The second kappa shape index (κ2) is 8.59. The first kappa shape index (κ1) is 20.1. The lowest BCUT2D eigenvalue weighted by atomic mass is 10.1. The van der Waals surface area contributed by atoms with Crippen LogP contribution in [-0.4, -0.2) is 54.6 Å². The van der Waals surface area contributed by atoms with Crippen molar-refractivity contribution in [1.82, 2.24) is 4.90 Å². The van der Waals surface area contributed by atoms with Gasteiger partial charge in [0.25, 0.3) is 11.6 Å². The van der Waals surface area contributed by atoms with E-state index in [0.717, 1.165) is 12.1 Å². The number of rotatable bonds is 6. The van der Waals surface area contributed by atoms with Gasteiger partial charge in [-0.1, -0.05) is 12.1 Å². The topological polar surface area (TPSA) is 108 Å². The molecule has 1 aliphatic heterocycles. The van der Waals surface area contributed by atoms with Crippen molar-refractivity contribution in [3.05, 3.63) is 63.7 Å². The molecule has 29 heavy (non-hydrogen) atoms. The predicted octanol–water partition coefficient (Wildman–Crippen LogP) is 2.68. The molecule has 1 amide bonds. The van der Waals surface area contributed by atoms with E-state index in [9.17, 15) is 19.7 Å². The average molecular weight is 400 g/mol. The van der Waals surface area contributed by atoms with E-state index in [-0.39, 0.29) is 36.6 Å². The van der Waals surface area contributed by atoms with Crippen LogP contribution in [-0.2, 0) is 4.74 Å². The number of nitro benzene ring substituents is 1. The summed E-state index contributed by atoms with van der Waals surface area (Å²) in [6.45, 7) is 2.20. The highest BCUT2D eigenvalue weighted by Gasteiger charge is 2.26. The highest BCUT2D eigenvalue weighted by Crippen LogP contribution is 2.31. The van der Waals surface area contributed by atoms with Gasteiger partial charge in [0, 0.05) is 24.7 Å². The van der Waals surface area contributed by atoms with E-state index in [4.69, 9.17) is 14.2 Å². The summed E-state index contributed by atoms with van der Waals surface area (Å²) in [7, 11) is 1.55. The fourth-order valence-electron chi connectivity index (χ4n) is 2.93. The molecule has 0 saturated carbocycles. The van der Waals surface area contributed by atoms with Crippen molar-refractivity contribution in [3.63, 3.8) is 0 Å². The minimum Gasteiger partial charge on any atom is -0.486 e. The van der Waals surface area contributed by atoms with Gasteiger partial charge in [-0.15, -0.1) is 0 Å². The molecule has 0 saturated heterocycles. The van der Waals surface area contributed by atoms with E-state index < -0.39 is 22.9 Å². The Morgan fingerprint density at radius 3 is 2.59 bits per heavy atom. The van der Waals surface area contributed by atoms with Crippen LogP contribution in [0.4, 0.5) is 5.69 Å². The maximum atomic E-state index is 12.8. The lowest BCUT2D eigenvalue weighted by Crippen LogP contribution is -2.41. The molecule has 152 valence electrons. The first-order valence-corrected chi connectivity index (χ1v) is 8.99. The zero-order chi connectivity index (χ0) is 21.0. The van der Waals surface area contributed by atoms with Crippen molar-refractivity contribution >= 4 is 17.6 Å². The summed E-state index contributed by atoms with van der Waals surface area (Å²) in [5.74, 6) is 0.00951. The summed E-state index contributed by atoms with van der Waals surface area (Å²) in [4.78, 5) is 36.7. The zero-order valence-electron chi connectivity index (χ0n) is 16.0. The highest BCUT2D eigenvalue weighted by atomic mass is 16.6. The van der Waals surface area contributed by atoms with Gasteiger partial charge in [0.05, 0.1) is 23.6 Å². The van der Waals surface area contributed by atoms with Crippen LogP contribution in [0.15, 0.2) is 42.5 Å². The molecule has 1 heterocycles. The summed E-state index contributed by atoms with van der Waals surface area (Å²) in [6.07, 6.45) is -0.401. The van der Waals surface area contributed by atoms with E-state index >= 15 is 0 Å². The van der Waals surface area contributed by atoms with Gasteiger partial charge in [-0.05, 0) is 25.1 Å². The number of ether oxygens (including phenoxy) is 3. The monoisotopic (exact) mass is 400 g/mol. The molecule has 0 spiro atoms. The van der Waals surface area contributed by atoms with Crippen LogP contribution in [0.2, 0.25) is 0 Å². The largest absolute Gasteiger partial charge is 0.486 e. The Balaban J connectivity index is 1.76. The van der Waals surface area contributed by atoms with Gasteiger partial charge >= 0.3 is 5.97 Å². The number of nitrogens with zero attached hydrogens (tertiary/aromatic N) is 2. The van der Waals surface area contributed by atoms with Crippen LogP contribution in [0.5, 0.6) is 11.5 Å². The molecule has 1 unspecified atom stereocenters. The normalized spacial score (nSPS) is 14.8. The maximum Gasteiger partial charge on any atom is 0.338 e. The summed E-state index contributed by atoms with van der Waals surface area (Å²) >= 11 is 0. The lowest BCUT2D eigenvalue weighted by molar-refractivity contribution is -0.384. The van der Waals surface area contributed by atoms with Crippen molar-refractivity contribution in [2.24, 2.45) is 0 Å². The molecule has 2 aromatic rings. The number of nitro groups is 1. The van der Waals surface area contributed by atoms with E-state index in [0.29, 0.717) is 11.5 Å². The molecule has 0 bridgehead atoms. The minimum absolute atomic E-state index is 0.0156. The van der Waals surface area contributed by atoms with Gasteiger partial charge in [-0.3, -0.25) is 14.9 Å². The Hall–Kier alpha value is -3.62. The highest BCUT2D eigenvalue weighted by molar-refractivity contribution is 5.98. The molecule has 0 fully saturated rings. The number of hydrogen-bond donors (Lipinski definition) is 0. The summed E-state index contributed by atoms with van der Waals surface area (Å²) in [5.41, 5.74) is -0.399. The van der Waals surface area contributed by atoms with Gasteiger partial charge in [0.1, 0.15) is 6.61 Å². The Bertz CT molecular complexity index is 944. The van der Waals surface area contributed by atoms with Crippen LogP contribution in [0.1, 0.15) is 27.6 Å². The number of esters is 1. The average Bonchev–Trinajstić information content (AvgIpc) is 2.72. The van der Waals surface area contributed by atoms with Gasteiger partial charge in [0.15, 0.2) is 17.6 Å². The van der Waals surface area contributed by atoms with Gasteiger partial charge in [-0.2, -0.15) is 0 Å². The van der Waals surface area contributed by atoms with Crippen LogP contribution in [0, 0.1) is 10.1 Å². The SMILES string of the molecule is CCOC(=O)c1cc(C(=O)N(C)CC2COc3ccccc3O2)cc([N+](=O)[O-])c1. The molecule has 0 aliphatic carbocycles. The third-order valence-electron chi connectivity index (χ3n) is 4.28. The van der Waals surface area contributed by atoms with Crippen molar-refractivity contribution in [2.75, 3.05) is 26.8 Å². The predicted molar refractivity (Wildman–Crippen MR) is 102 cm³/mol. The van der Waals surface area contributed by atoms with Crippen molar-refractivity contribution < 1.29 is 28.7 Å². The second-order valence-corrected chi connectivity index (χ2v) is 6.43. The molecule has 9 nitrogen and oxygen atoms in total. The fourth-order valence-corrected chi connectivity index (χ4v) is 2.93. The Kier molecular flexibility index (Phi) is 5.96. The van der Waals surface area contributed by atoms with Crippen LogP contribution >= 0.6 is 0 Å². The molecule has 1 atom stereocenters. The first-order chi connectivity index (χ1) is 13.9. The number of carbonyl (C=O) groups excluding carboxylic acids is 2. The fraction of sp³-hybridized carbons (Fsp3) is 0.300. The first-order valence-electron chi connectivity index (χ1n) is 8.99. The molecule has 0 N–H and O–H groups in total. The Labute approximate surface area is 166 Å². The Morgan fingerprint density at radius 1 is 1.21 bits per heavy atom. The number of amides is 1.